The smallest absolute Gasteiger partial charge is 0.268 e. The second kappa shape index (κ2) is 6.55. The first kappa shape index (κ1) is 13.1. The van der Waals surface area contributed by atoms with Gasteiger partial charge in [0.15, 0.2) is 0 Å². The monoisotopic (exact) mass is 243 g/mol. The first-order chi connectivity index (χ1) is 7.69. The molecule has 16 heavy (non-hydrogen) atoms. The van der Waals surface area contributed by atoms with Crippen molar-refractivity contribution in [1.29, 1.82) is 0 Å². The number of carbonyl (C=O) groups is 1. The standard InChI is InChI=1S/C11H18ClN3O/c1-3-6-15-8-9(12)7-10(15)11(16)14-5-4-13-2/h7-8,13H,3-6H2,1-2H3,(H,14,16). The van der Waals surface area contributed by atoms with Crippen LogP contribution in [-0.4, -0.2) is 30.6 Å². The van der Waals surface area contributed by atoms with E-state index in [0.29, 0.717) is 17.3 Å². The number of hydrogen-bond donors (Lipinski definition) is 2. The van der Waals surface area contributed by atoms with E-state index in [9.17, 15) is 4.79 Å². The van der Waals surface area contributed by atoms with Crippen molar-refractivity contribution < 1.29 is 4.79 Å². The number of nitrogens with one attached hydrogen (secondary N) is 2. The number of rotatable bonds is 6. The third kappa shape index (κ3) is 3.54. The van der Waals surface area contributed by atoms with Crippen molar-refractivity contribution in [1.82, 2.24) is 15.2 Å². The van der Waals surface area contributed by atoms with E-state index in [1.807, 2.05) is 11.6 Å². The van der Waals surface area contributed by atoms with Crippen LogP contribution in [0.25, 0.3) is 0 Å². The quantitative estimate of drug-likeness (QED) is 0.744. The molecule has 1 rings (SSSR count). The van der Waals surface area contributed by atoms with E-state index in [4.69, 9.17) is 11.6 Å². The second-order valence-electron chi connectivity index (χ2n) is 3.60. The number of nitrogens with zero attached hydrogens (tertiary/aromatic N) is 1. The van der Waals surface area contributed by atoms with Gasteiger partial charge in [-0.15, -0.1) is 0 Å². The molecule has 4 nitrogen and oxygen atoms in total. The minimum absolute atomic E-state index is 0.0735. The molecule has 0 aliphatic heterocycles. The van der Waals surface area contributed by atoms with E-state index in [0.717, 1.165) is 19.5 Å². The highest BCUT2D eigenvalue weighted by Crippen LogP contribution is 2.14. The van der Waals surface area contributed by atoms with Crippen molar-refractivity contribution >= 4 is 17.5 Å². The molecule has 1 heterocycles. The summed E-state index contributed by atoms with van der Waals surface area (Å²) in [5.74, 6) is -0.0735. The van der Waals surface area contributed by atoms with Gasteiger partial charge in [-0.1, -0.05) is 18.5 Å². The molecule has 1 amide bonds. The third-order valence-electron chi connectivity index (χ3n) is 2.22. The van der Waals surface area contributed by atoms with Crippen LogP contribution in [0.4, 0.5) is 0 Å². The minimum atomic E-state index is -0.0735. The second-order valence-corrected chi connectivity index (χ2v) is 4.03. The Labute approximate surface area is 101 Å². The van der Waals surface area contributed by atoms with Gasteiger partial charge in [-0.05, 0) is 19.5 Å². The molecule has 0 aliphatic carbocycles. The van der Waals surface area contributed by atoms with Crippen molar-refractivity contribution in [3.63, 3.8) is 0 Å². The van der Waals surface area contributed by atoms with Crippen LogP contribution in [0, 0.1) is 0 Å². The molecule has 1 aromatic rings. The Hall–Kier alpha value is -1.00. The van der Waals surface area contributed by atoms with Crippen LogP contribution < -0.4 is 10.6 Å². The fraction of sp³-hybridized carbons (Fsp3) is 0.545. The first-order valence-electron chi connectivity index (χ1n) is 5.47. The van der Waals surface area contributed by atoms with Gasteiger partial charge in [0.2, 0.25) is 0 Å². The minimum Gasteiger partial charge on any atom is -0.349 e. The van der Waals surface area contributed by atoms with E-state index >= 15 is 0 Å². The van der Waals surface area contributed by atoms with Crippen LogP contribution in [-0.2, 0) is 6.54 Å². The Morgan fingerprint density at radius 1 is 1.50 bits per heavy atom. The highest BCUT2D eigenvalue weighted by molar-refractivity contribution is 6.31. The van der Waals surface area contributed by atoms with Crippen molar-refractivity contribution in [3.8, 4) is 0 Å². The fourth-order valence-electron chi connectivity index (χ4n) is 1.48. The normalized spacial score (nSPS) is 10.4. The molecule has 0 saturated carbocycles. The number of likely N-dealkylation sites (N-methyl/N-ethyl adjacent to an activating group) is 1. The van der Waals surface area contributed by atoms with Crippen LogP contribution >= 0.6 is 11.6 Å². The summed E-state index contributed by atoms with van der Waals surface area (Å²) in [6.45, 7) is 4.25. The first-order valence-corrected chi connectivity index (χ1v) is 5.85. The highest BCUT2D eigenvalue weighted by atomic mass is 35.5. The maximum atomic E-state index is 11.8. The average Bonchev–Trinajstić information content (AvgIpc) is 2.60. The van der Waals surface area contributed by atoms with E-state index < -0.39 is 0 Å². The van der Waals surface area contributed by atoms with Crippen molar-refractivity contribution in [2.75, 3.05) is 20.1 Å². The summed E-state index contributed by atoms with van der Waals surface area (Å²) in [7, 11) is 1.85. The van der Waals surface area contributed by atoms with E-state index in [1.54, 1.807) is 12.3 Å². The average molecular weight is 244 g/mol. The number of carbonyl (C=O) groups excluding carboxylic acids is 1. The number of amides is 1. The Bertz CT molecular complexity index is 349. The molecule has 0 aliphatic rings. The Kier molecular flexibility index (Phi) is 5.35. The highest BCUT2D eigenvalue weighted by Gasteiger charge is 2.11. The molecule has 0 unspecified atom stereocenters. The molecule has 1 aromatic heterocycles. The van der Waals surface area contributed by atoms with Crippen LogP contribution in [0.1, 0.15) is 23.8 Å². The van der Waals surface area contributed by atoms with Gasteiger partial charge in [0.25, 0.3) is 5.91 Å². The molecule has 2 N–H and O–H groups in total. The van der Waals surface area contributed by atoms with Crippen molar-refractivity contribution in [3.05, 3.63) is 23.0 Å². The Morgan fingerprint density at radius 3 is 2.88 bits per heavy atom. The zero-order valence-corrected chi connectivity index (χ0v) is 10.5. The number of aryl methyl sites for hydroxylation is 1. The van der Waals surface area contributed by atoms with Gasteiger partial charge in [0, 0.05) is 25.8 Å². The van der Waals surface area contributed by atoms with Gasteiger partial charge < -0.3 is 15.2 Å². The van der Waals surface area contributed by atoms with E-state index in [-0.39, 0.29) is 5.91 Å². The molecule has 0 spiro atoms. The van der Waals surface area contributed by atoms with Gasteiger partial charge in [-0.2, -0.15) is 0 Å². The molecule has 0 saturated heterocycles. The molecular formula is C11H18ClN3O. The van der Waals surface area contributed by atoms with Crippen LogP contribution in [0.3, 0.4) is 0 Å². The van der Waals surface area contributed by atoms with E-state index in [1.165, 1.54) is 0 Å². The lowest BCUT2D eigenvalue weighted by molar-refractivity contribution is 0.0945. The summed E-state index contributed by atoms with van der Waals surface area (Å²) < 4.78 is 1.89. The Balaban J connectivity index is 2.66. The molecule has 0 radical (unpaired) electrons. The maximum absolute atomic E-state index is 11.8. The third-order valence-corrected chi connectivity index (χ3v) is 2.43. The fourth-order valence-corrected chi connectivity index (χ4v) is 1.70. The molecule has 5 heteroatoms. The molecular weight excluding hydrogens is 226 g/mol. The lowest BCUT2D eigenvalue weighted by Gasteiger charge is -2.08. The molecule has 90 valence electrons. The van der Waals surface area contributed by atoms with Crippen LogP contribution in [0.2, 0.25) is 5.02 Å². The van der Waals surface area contributed by atoms with Gasteiger partial charge >= 0.3 is 0 Å². The zero-order valence-electron chi connectivity index (χ0n) is 9.72. The van der Waals surface area contributed by atoms with Gasteiger partial charge in [0.1, 0.15) is 5.69 Å². The number of halogens is 1. The summed E-state index contributed by atoms with van der Waals surface area (Å²) in [5.41, 5.74) is 0.628. The van der Waals surface area contributed by atoms with Crippen molar-refractivity contribution in [2.45, 2.75) is 19.9 Å². The number of hydrogen-bond acceptors (Lipinski definition) is 2. The van der Waals surface area contributed by atoms with Gasteiger partial charge in [-0.3, -0.25) is 4.79 Å². The Morgan fingerprint density at radius 2 is 2.25 bits per heavy atom. The van der Waals surface area contributed by atoms with E-state index in [2.05, 4.69) is 17.6 Å². The topological polar surface area (TPSA) is 46.1 Å². The molecule has 0 atom stereocenters. The SMILES string of the molecule is CCCn1cc(Cl)cc1C(=O)NCCNC. The molecule has 0 aromatic carbocycles. The predicted octanol–water partition coefficient (Wildman–Crippen LogP) is 1.50. The summed E-state index contributed by atoms with van der Waals surface area (Å²) in [6.07, 6.45) is 2.76. The summed E-state index contributed by atoms with van der Waals surface area (Å²) in [5, 5.41) is 6.41. The zero-order chi connectivity index (χ0) is 12.0. The van der Waals surface area contributed by atoms with Crippen LogP contribution in [0.5, 0.6) is 0 Å². The van der Waals surface area contributed by atoms with Crippen LogP contribution in [0.15, 0.2) is 12.3 Å². The lowest BCUT2D eigenvalue weighted by atomic mass is 10.3. The molecule has 0 fully saturated rings. The van der Waals surface area contributed by atoms with Gasteiger partial charge in [0.05, 0.1) is 5.02 Å². The molecule has 0 bridgehead atoms. The summed E-state index contributed by atoms with van der Waals surface area (Å²) >= 11 is 5.89. The largest absolute Gasteiger partial charge is 0.349 e. The number of aromatic nitrogens is 1. The summed E-state index contributed by atoms with van der Waals surface area (Å²) in [6, 6.07) is 1.70. The van der Waals surface area contributed by atoms with Crippen molar-refractivity contribution in [2.24, 2.45) is 0 Å². The maximum Gasteiger partial charge on any atom is 0.268 e. The lowest BCUT2D eigenvalue weighted by Crippen LogP contribution is -2.31. The van der Waals surface area contributed by atoms with Gasteiger partial charge in [-0.25, -0.2) is 0 Å². The summed E-state index contributed by atoms with van der Waals surface area (Å²) in [4.78, 5) is 11.8. The predicted molar refractivity (Wildman–Crippen MR) is 66.0 cm³/mol.